The molecule has 2 N–H and O–H groups in total. The van der Waals surface area contributed by atoms with Gasteiger partial charge in [-0.15, -0.1) is 0 Å². The number of carbonyl (C=O) groups is 1. The molecular weight excluding hydrogens is 428 g/mol. The average Bonchev–Trinajstić information content (AvgIpc) is 2.71. The van der Waals surface area contributed by atoms with E-state index in [4.69, 9.17) is 4.74 Å². The number of nitrogens with zero attached hydrogens (tertiary/aromatic N) is 1. The number of hydrogen-bond donors (Lipinski definition) is 2. The minimum atomic E-state index is -4.12. The van der Waals surface area contributed by atoms with E-state index in [1.165, 1.54) is 0 Å². The van der Waals surface area contributed by atoms with Crippen LogP contribution in [0.1, 0.15) is 16.7 Å². The summed E-state index contributed by atoms with van der Waals surface area (Å²) in [5.41, 5.74) is 3.69. The zero-order chi connectivity index (χ0) is 23.5. The molecule has 3 aromatic rings. The number of aliphatic carboxylic acids is 1. The fourth-order valence-electron chi connectivity index (χ4n) is 3.73. The van der Waals surface area contributed by atoms with Crippen LogP contribution < -0.4 is 14.4 Å². The SMILES string of the molecule is COc1cccc(Nc2cccc(N(CC(=O)O)S(=O)(=O)c3c(C)cc(C)cc3C)c2)c1. The van der Waals surface area contributed by atoms with Gasteiger partial charge in [-0.2, -0.15) is 0 Å². The molecule has 0 radical (unpaired) electrons. The van der Waals surface area contributed by atoms with Gasteiger partial charge in [0.15, 0.2) is 0 Å². The first-order valence-corrected chi connectivity index (χ1v) is 11.4. The van der Waals surface area contributed by atoms with Crippen molar-refractivity contribution in [1.82, 2.24) is 0 Å². The first kappa shape index (κ1) is 23.1. The lowest BCUT2D eigenvalue weighted by Crippen LogP contribution is -2.36. The molecule has 0 aliphatic heterocycles. The summed E-state index contributed by atoms with van der Waals surface area (Å²) in [5.74, 6) is -0.575. The van der Waals surface area contributed by atoms with E-state index in [1.54, 1.807) is 63.4 Å². The van der Waals surface area contributed by atoms with Crippen LogP contribution in [0.25, 0.3) is 0 Å². The van der Waals surface area contributed by atoms with Crippen LogP contribution in [0, 0.1) is 20.8 Å². The summed E-state index contributed by atoms with van der Waals surface area (Å²) in [7, 11) is -2.55. The summed E-state index contributed by atoms with van der Waals surface area (Å²) < 4.78 is 33.4. The number of sulfonamides is 1. The van der Waals surface area contributed by atoms with Gasteiger partial charge in [0.2, 0.25) is 0 Å². The first-order chi connectivity index (χ1) is 15.1. The molecule has 0 amide bonds. The van der Waals surface area contributed by atoms with E-state index >= 15 is 0 Å². The number of nitrogens with one attached hydrogen (secondary N) is 1. The summed E-state index contributed by atoms with van der Waals surface area (Å²) in [6, 6.07) is 17.5. The number of carboxylic acid groups (broad SMARTS) is 1. The van der Waals surface area contributed by atoms with E-state index in [2.05, 4.69) is 5.32 Å². The predicted molar refractivity (Wildman–Crippen MR) is 126 cm³/mol. The minimum Gasteiger partial charge on any atom is -0.497 e. The Bertz CT molecular complexity index is 1230. The standard InChI is InChI=1S/C24H26N2O5S/c1-16-11-17(2)24(18(3)12-16)32(29,30)26(15-23(27)28)21-9-5-7-19(13-21)25-20-8-6-10-22(14-20)31-4/h5-14,25H,15H2,1-4H3,(H,27,28). The summed E-state index contributed by atoms with van der Waals surface area (Å²) in [4.78, 5) is 11.7. The van der Waals surface area contributed by atoms with Gasteiger partial charge in [-0.3, -0.25) is 9.10 Å². The van der Waals surface area contributed by atoms with Crippen LogP contribution >= 0.6 is 0 Å². The number of benzene rings is 3. The van der Waals surface area contributed by atoms with Gasteiger partial charge in [0.05, 0.1) is 17.7 Å². The molecule has 0 aliphatic rings. The Kier molecular flexibility index (Phi) is 6.74. The first-order valence-electron chi connectivity index (χ1n) is 9.95. The van der Waals surface area contributed by atoms with Gasteiger partial charge in [0.1, 0.15) is 12.3 Å². The van der Waals surface area contributed by atoms with Crippen LogP contribution in [0.15, 0.2) is 65.6 Å². The van der Waals surface area contributed by atoms with E-state index in [9.17, 15) is 18.3 Å². The number of aryl methyl sites for hydroxylation is 3. The van der Waals surface area contributed by atoms with Gasteiger partial charge >= 0.3 is 5.97 Å². The van der Waals surface area contributed by atoms with Crippen molar-refractivity contribution in [3.8, 4) is 5.75 Å². The highest BCUT2D eigenvalue weighted by molar-refractivity contribution is 7.93. The van der Waals surface area contributed by atoms with Crippen molar-refractivity contribution in [1.29, 1.82) is 0 Å². The minimum absolute atomic E-state index is 0.121. The number of rotatable bonds is 8. The molecule has 3 rings (SSSR count). The molecular formula is C24H26N2O5S. The van der Waals surface area contributed by atoms with Crippen molar-refractivity contribution in [3.05, 3.63) is 77.4 Å². The Labute approximate surface area is 188 Å². The highest BCUT2D eigenvalue weighted by Crippen LogP contribution is 2.31. The highest BCUT2D eigenvalue weighted by atomic mass is 32.2. The molecule has 3 aromatic carbocycles. The van der Waals surface area contributed by atoms with E-state index in [0.29, 0.717) is 22.6 Å². The van der Waals surface area contributed by atoms with E-state index in [0.717, 1.165) is 15.6 Å². The van der Waals surface area contributed by atoms with E-state index < -0.39 is 22.5 Å². The maximum absolute atomic E-state index is 13.6. The van der Waals surface area contributed by atoms with Crippen LogP contribution in [-0.4, -0.2) is 33.1 Å². The third-order valence-corrected chi connectivity index (χ3v) is 7.00. The van der Waals surface area contributed by atoms with Crippen LogP contribution in [0.4, 0.5) is 17.1 Å². The molecule has 8 heteroatoms. The van der Waals surface area contributed by atoms with Crippen LogP contribution in [0.5, 0.6) is 5.75 Å². The van der Waals surface area contributed by atoms with Gasteiger partial charge < -0.3 is 15.2 Å². The fraction of sp³-hybridized carbons (Fsp3) is 0.208. The predicted octanol–water partition coefficient (Wildman–Crippen LogP) is 4.64. The Morgan fingerprint density at radius 2 is 1.56 bits per heavy atom. The quantitative estimate of drug-likeness (QED) is 0.515. The van der Waals surface area contributed by atoms with Gasteiger partial charge in [0.25, 0.3) is 10.0 Å². The zero-order valence-corrected chi connectivity index (χ0v) is 19.2. The largest absolute Gasteiger partial charge is 0.497 e. The van der Waals surface area contributed by atoms with Crippen LogP contribution in [-0.2, 0) is 14.8 Å². The lowest BCUT2D eigenvalue weighted by atomic mass is 10.1. The smallest absolute Gasteiger partial charge is 0.324 e. The Balaban J connectivity index is 2.05. The molecule has 32 heavy (non-hydrogen) atoms. The van der Waals surface area contributed by atoms with Gasteiger partial charge in [0, 0.05) is 17.4 Å². The number of anilines is 3. The van der Waals surface area contributed by atoms with Crippen molar-refractivity contribution < 1.29 is 23.1 Å². The highest BCUT2D eigenvalue weighted by Gasteiger charge is 2.30. The second kappa shape index (κ2) is 9.32. The lowest BCUT2D eigenvalue weighted by molar-refractivity contribution is -0.135. The molecule has 0 atom stereocenters. The molecule has 0 unspecified atom stereocenters. The van der Waals surface area contributed by atoms with Crippen LogP contribution in [0.3, 0.4) is 0 Å². The topological polar surface area (TPSA) is 95.9 Å². The lowest BCUT2D eigenvalue weighted by Gasteiger charge is -2.25. The van der Waals surface area contributed by atoms with Crippen LogP contribution in [0.2, 0.25) is 0 Å². The van der Waals surface area contributed by atoms with Gasteiger partial charge in [-0.1, -0.05) is 29.8 Å². The molecule has 0 saturated carbocycles. The Morgan fingerprint density at radius 1 is 0.969 bits per heavy atom. The molecule has 7 nitrogen and oxygen atoms in total. The molecule has 0 saturated heterocycles. The van der Waals surface area contributed by atoms with Crippen molar-refractivity contribution >= 4 is 33.1 Å². The maximum Gasteiger partial charge on any atom is 0.324 e. The summed E-state index contributed by atoms with van der Waals surface area (Å²) >= 11 is 0. The van der Waals surface area contributed by atoms with E-state index in [-0.39, 0.29) is 10.6 Å². The number of ether oxygens (including phenoxy) is 1. The molecule has 0 bridgehead atoms. The normalized spacial score (nSPS) is 11.1. The summed E-state index contributed by atoms with van der Waals surface area (Å²) in [6.07, 6.45) is 0. The van der Waals surface area contributed by atoms with Gasteiger partial charge in [-0.25, -0.2) is 8.42 Å². The molecule has 0 heterocycles. The monoisotopic (exact) mass is 454 g/mol. The number of carboxylic acids is 1. The molecule has 0 fully saturated rings. The summed E-state index contributed by atoms with van der Waals surface area (Å²) in [6.45, 7) is 4.62. The molecule has 168 valence electrons. The van der Waals surface area contributed by atoms with Crippen molar-refractivity contribution in [2.45, 2.75) is 25.7 Å². The Hall–Kier alpha value is -3.52. The zero-order valence-electron chi connectivity index (χ0n) is 18.4. The third-order valence-electron chi connectivity index (χ3n) is 4.92. The molecule has 0 spiro atoms. The van der Waals surface area contributed by atoms with Gasteiger partial charge in [-0.05, 0) is 62.2 Å². The number of methoxy groups -OCH3 is 1. The van der Waals surface area contributed by atoms with E-state index in [1.807, 2.05) is 25.1 Å². The maximum atomic E-state index is 13.6. The third kappa shape index (κ3) is 5.03. The molecule has 0 aliphatic carbocycles. The van der Waals surface area contributed by atoms with Crippen molar-refractivity contribution in [2.75, 3.05) is 23.3 Å². The second-order valence-corrected chi connectivity index (χ2v) is 9.34. The fourth-order valence-corrected chi connectivity index (χ4v) is 5.55. The number of hydrogen-bond acceptors (Lipinski definition) is 5. The van der Waals surface area contributed by atoms with Crippen molar-refractivity contribution in [2.24, 2.45) is 0 Å². The summed E-state index contributed by atoms with van der Waals surface area (Å²) in [5, 5.41) is 12.7. The Morgan fingerprint density at radius 3 is 2.16 bits per heavy atom. The van der Waals surface area contributed by atoms with Crippen molar-refractivity contribution in [3.63, 3.8) is 0 Å². The average molecular weight is 455 g/mol. The second-order valence-electron chi connectivity index (χ2n) is 7.54. The molecule has 0 aromatic heterocycles.